The smallest absolute Gasteiger partial charge is 0.369 e. The first-order valence-corrected chi connectivity index (χ1v) is 6.23. The van der Waals surface area contributed by atoms with Crippen LogP contribution in [0.25, 0.3) is 11.9 Å². The highest BCUT2D eigenvalue weighted by Crippen LogP contribution is 2.16. The predicted molar refractivity (Wildman–Crippen MR) is 75.2 cm³/mol. The Morgan fingerprint density at radius 1 is 1.50 bits per heavy atom. The van der Waals surface area contributed by atoms with Crippen LogP contribution in [0.2, 0.25) is 1.41 Å². The van der Waals surface area contributed by atoms with E-state index in [0.29, 0.717) is 11.3 Å². The summed E-state index contributed by atoms with van der Waals surface area (Å²) in [7, 11) is 1.48. The van der Waals surface area contributed by atoms with Crippen LogP contribution in [0.1, 0.15) is 11.3 Å². The highest BCUT2D eigenvalue weighted by molar-refractivity contribution is 5.51. The van der Waals surface area contributed by atoms with Crippen molar-refractivity contribution in [2.45, 2.75) is 6.61 Å². The number of aromatic nitrogens is 8. The molecule has 0 saturated heterocycles. The molecule has 3 aromatic rings. The number of aryl methyl sites for hydroxylation is 1. The Balaban J connectivity index is 2.01. The van der Waals surface area contributed by atoms with E-state index in [-0.39, 0.29) is 18.3 Å². The summed E-state index contributed by atoms with van der Waals surface area (Å²) in [6, 6.07) is 1.54. The molecule has 3 heterocycles. The number of hydrogen-bond donors (Lipinski definition) is 1. The minimum atomic E-state index is -0.449. The molecular formula is C12H12N8O2. The lowest BCUT2D eigenvalue weighted by molar-refractivity contribution is 0.291. The van der Waals surface area contributed by atoms with E-state index in [1.165, 1.54) is 25.6 Å². The molecule has 3 aromatic heterocycles. The second-order valence-electron chi connectivity index (χ2n) is 4.22. The minimum Gasteiger partial charge on any atom is -0.472 e. The van der Waals surface area contributed by atoms with Gasteiger partial charge in [-0.1, -0.05) is 6.58 Å². The Bertz CT molecular complexity index is 912. The van der Waals surface area contributed by atoms with Gasteiger partial charge in [-0.15, -0.1) is 9.78 Å². The largest absolute Gasteiger partial charge is 0.472 e. The van der Waals surface area contributed by atoms with Crippen molar-refractivity contribution in [3.63, 3.8) is 0 Å². The van der Waals surface area contributed by atoms with E-state index < -0.39 is 5.69 Å². The van der Waals surface area contributed by atoms with Gasteiger partial charge in [0.1, 0.15) is 12.9 Å². The Morgan fingerprint density at radius 2 is 2.36 bits per heavy atom. The van der Waals surface area contributed by atoms with Crippen LogP contribution >= 0.6 is 0 Å². The van der Waals surface area contributed by atoms with Crippen LogP contribution in [0.3, 0.4) is 0 Å². The van der Waals surface area contributed by atoms with Gasteiger partial charge in [0.25, 0.3) is 0 Å². The van der Waals surface area contributed by atoms with E-state index in [9.17, 15) is 4.79 Å². The average Bonchev–Trinajstić information content (AvgIpc) is 3.11. The first-order chi connectivity index (χ1) is 11.1. The third-order valence-electron chi connectivity index (χ3n) is 2.88. The fraction of sp³-hybridized carbons (Fsp3) is 0.167. The highest BCUT2D eigenvalue weighted by Gasteiger charge is 2.16. The standard InChI is InChI=1S/C12H12N8O2/c1-3-9-8(6-22-10-4-5-15-16-10)11(14-7-13-9)20-12(21)19(2)17-18-20/h3-5,7H,1,6H2,2H3,(H,15,16)/i/hT. The van der Waals surface area contributed by atoms with Crippen LogP contribution in [-0.4, -0.2) is 39.9 Å². The lowest BCUT2D eigenvalue weighted by Crippen LogP contribution is -2.24. The summed E-state index contributed by atoms with van der Waals surface area (Å²) in [6.45, 7) is 3.71. The van der Waals surface area contributed by atoms with Gasteiger partial charge in [-0.25, -0.2) is 14.8 Å². The lowest BCUT2D eigenvalue weighted by Gasteiger charge is -2.09. The normalized spacial score (nSPS) is 11.2. The van der Waals surface area contributed by atoms with Gasteiger partial charge in [-0.2, -0.15) is 4.68 Å². The molecule has 0 aromatic carbocycles. The fourth-order valence-corrected chi connectivity index (χ4v) is 1.80. The van der Waals surface area contributed by atoms with E-state index in [0.717, 1.165) is 14.5 Å². The zero-order valence-corrected chi connectivity index (χ0v) is 11.6. The van der Waals surface area contributed by atoms with Gasteiger partial charge in [0.15, 0.2) is 7.23 Å². The summed E-state index contributed by atoms with van der Waals surface area (Å²) < 4.78 is 15.0. The number of rotatable bonds is 5. The molecule has 10 heteroatoms. The third kappa shape index (κ3) is 2.37. The van der Waals surface area contributed by atoms with Crippen LogP contribution in [0.5, 0.6) is 5.88 Å². The maximum absolute atomic E-state index is 12.0. The highest BCUT2D eigenvalue weighted by atomic mass is 16.5. The Hall–Kier alpha value is -3.30. The molecule has 0 amide bonds. The monoisotopic (exact) mass is 302 g/mol. The summed E-state index contributed by atoms with van der Waals surface area (Å²) in [5.41, 5.74) is 0.554. The van der Waals surface area contributed by atoms with Gasteiger partial charge >= 0.3 is 5.69 Å². The maximum Gasteiger partial charge on any atom is 0.369 e. The van der Waals surface area contributed by atoms with Gasteiger partial charge in [0, 0.05) is 19.3 Å². The van der Waals surface area contributed by atoms with Crippen molar-refractivity contribution in [3.8, 4) is 11.7 Å². The zero-order chi connectivity index (χ0) is 16.4. The maximum atomic E-state index is 12.0. The summed E-state index contributed by atoms with van der Waals surface area (Å²) in [6.07, 6.45) is 4.25. The number of aromatic amines is 1. The number of H-pyrrole nitrogens is 1. The van der Waals surface area contributed by atoms with E-state index in [4.69, 9.17) is 6.15 Å². The molecule has 3 rings (SSSR count). The number of ether oxygens (including phenoxy) is 1. The summed E-state index contributed by atoms with van der Waals surface area (Å²) in [4.78, 5) is 20.2. The molecule has 0 unspecified atom stereocenters. The van der Waals surface area contributed by atoms with Crippen molar-refractivity contribution in [1.29, 1.82) is 0 Å². The molecule has 10 nitrogen and oxygen atoms in total. The van der Waals surface area contributed by atoms with Gasteiger partial charge in [-0.05, 0) is 16.5 Å². The van der Waals surface area contributed by atoms with Crippen molar-refractivity contribution >= 4 is 6.08 Å². The summed E-state index contributed by atoms with van der Waals surface area (Å²) in [5, 5.41) is 12.1. The number of hydrogen-bond acceptors (Lipinski definition) is 7. The first-order valence-electron chi connectivity index (χ1n) is 6.68. The molecular weight excluding hydrogens is 288 g/mol. The van der Waals surface area contributed by atoms with Crippen LogP contribution in [-0.2, 0) is 13.7 Å². The molecule has 112 valence electrons. The van der Waals surface area contributed by atoms with E-state index in [1.54, 1.807) is 6.07 Å². The molecule has 0 aliphatic rings. The van der Waals surface area contributed by atoms with Crippen molar-refractivity contribution in [2.75, 3.05) is 0 Å². The molecule has 0 saturated carbocycles. The van der Waals surface area contributed by atoms with Gasteiger partial charge in [-0.3, -0.25) is 5.09 Å². The zero-order valence-electron chi connectivity index (χ0n) is 12.6. The predicted octanol–water partition coefficient (Wildman–Crippen LogP) is -0.299. The second-order valence-corrected chi connectivity index (χ2v) is 4.22. The second kappa shape index (κ2) is 5.60. The fourth-order valence-electron chi connectivity index (χ4n) is 1.80. The quantitative estimate of drug-likeness (QED) is 0.687. The van der Waals surface area contributed by atoms with Crippen LogP contribution in [0, 0.1) is 0 Å². The van der Waals surface area contributed by atoms with Gasteiger partial charge in [0.05, 0.1) is 11.3 Å². The third-order valence-corrected chi connectivity index (χ3v) is 2.88. The van der Waals surface area contributed by atoms with E-state index >= 15 is 0 Å². The van der Waals surface area contributed by atoms with Gasteiger partial charge < -0.3 is 4.74 Å². The molecule has 0 aliphatic carbocycles. The van der Waals surface area contributed by atoms with Crippen LogP contribution in [0.15, 0.2) is 30.0 Å². The topological polar surface area (TPSA) is 116 Å². The molecule has 0 bridgehead atoms. The van der Waals surface area contributed by atoms with Gasteiger partial charge in [0.2, 0.25) is 5.88 Å². The number of nitrogens with zero attached hydrogens (tertiary/aromatic N) is 7. The van der Waals surface area contributed by atoms with Crippen molar-refractivity contribution in [1.82, 2.24) is 39.9 Å². The molecule has 0 aliphatic heterocycles. The molecule has 0 atom stereocenters. The average molecular weight is 302 g/mol. The summed E-state index contributed by atoms with van der Waals surface area (Å²) in [5.74, 6) is 0.509. The molecule has 1 N–H and O–H groups in total. The molecule has 0 fully saturated rings. The Kier molecular flexibility index (Phi) is 3.16. The van der Waals surface area contributed by atoms with E-state index in [1.807, 2.05) is 0 Å². The Labute approximate surface area is 125 Å². The summed E-state index contributed by atoms with van der Waals surface area (Å²) >= 11 is 0. The number of tetrazole rings is 1. The van der Waals surface area contributed by atoms with Crippen molar-refractivity contribution in [3.05, 3.63) is 46.9 Å². The van der Waals surface area contributed by atoms with Crippen molar-refractivity contribution < 1.29 is 6.15 Å². The molecule has 22 heavy (non-hydrogen) atoms. The Morgan fingerprint density at radius 3 is 3.00 bits per heavy atom. The van der Waals surface area contributed by atoms with Crippen LogP contribution in [0.4, 0.5) is 0 Å². The first kappa shape index (κ1) is 12.4. The number of nitrogens with one attached hydrogen (secondary N) is 1. The van der Waals surface area contributed by atoms with Crippen LogP contribution < -0.4 is 10.4 Å². The minimum absolute atomic E-state index is 0.0254. The lowest BCUT2D eigenvalue weighted by atomic mass is 10.2. The SMILES string of the molecule is [3H]n1ccc(OCc2c(C=C)ncnc2-n2nnn(C)c2=O)n1. The molecule has 0 spiro atoms. The van der Waals surface area contributed by atoms with Crippen molar-refractivity contribution in [2.24, 2.45) is 7.05 Å². The van der Waals surface area contributed by atoms with E-state index in [2.05, 4.69) is 32.1 Å². The molecule has 0 radical (unpaired) electrons.